The molecule has 2 aromatic rings. The smallest absolute Gasteiger partial charge is 0.248 e. The first-order valence-electron chi connectivity index (χ1n) is 9.20. The molecule has 0 aliphatic carbocycles. The van der Waals surface area contributed by atoms with E-state index >= 15 is 0 Å². The summed E-state index contributed by atoms with van der Waals surface area (Å²) in [5, 5.41) is 5.60. The molecule has 0 saturated carbocycles. The molecule has 0 unspecified atom stereocenters. The minimum absolute atomic E-state index is 0.0232. The molecule has 0 bridgehead atoms. The van der Waals surface area contributed by atoms with Crippen LogP contribution in [0.15, 0.2) is 54.6 Å². The SMILES string of the molecule is CC(=O)Nc1ccc(NC(=O)[C@H]2CS[C@]3(c4ccccc4)CCC(=O)N23)cc1. The minimum Gasteiger partial charge on any atom is -0.326 e. The Morgan fingerprint density at radius 2 is 1.68 bits per heavy atom. The van der Waals surface area contributed by atoms with E-state index in [9.17, 15) is 14.4 Å². The topological polar surface area (TPSA) is 78.5 Å². The Hall–Kier alpha value is -2.80. The van der Waals surface area contributed by atoms with Gasteiger partial charge in [-0.15, -0.1) is 11.8 Å². The maximum Gasteiger partial charge on any atom is 0.248 e. The molecule has 0 spiro atoms. The summed E-state index contributed by atoms with van der Waals surface area (Å²) < 4.78 is 0. The second kappa shape index (κ2) is 7.31. The Balaban J connectivity index is 1.52. The summed E-state index contributed by atoms with van der Waals surface area (Å²) in [6, 6.07) is 16.4. The van der Waals surface area contributed by atoms with Crippen molar-refractivity contribution in [1.82, 2.24) is 4.90 Å². The van der Waals surface area contributed by atoms with E-state index in [4.69, 9.17) is 0 Å². The maximum atomic E-state index is 13.0. The van der Waals surface area contributed by atoms with Crippen LogP contribution in [0.25, 0.3) is 0 Å². The van der Waals surface area contributed by atoms with Gasteiger partial charge in [-0.05, 0) is 36.2 Å². The van der Waals surface area contributed by atoms with E-state index in [1.807, 2.05) is 30.3 Å². The Bertz CT molecular complexity index is 916. The average molecular weight is 395 g/mol. The molecule has 2 heterocycles. The molecule has 2 fully saturated rings. The van der Waals surface area contributed by atoms with Crippen LogP contribution in [0.3, 0.4) is 0 Å². The van der Waals surface area contributed by atoms with Crippen molar-refractivity contribution >= 4 is 40.9 Å². The monoisotopic (exact) mass is 395 g/mol. The lowest BCUT2D eigenvalue weighted by atomic mass is 10.0. The quantitative estimate of drug-likeness (QED) is 0.834. The van der Waals surface area contributed by atoms with Crippen LogP contribution in [0.2, 0.25) is 0 Å². The molecular weight excluding hydrogens is 374 g/mol. The summed E-state index contributed by atoms with van der Waals surface area (Å²) in [6.45, 7) is 1.44. The number of anilines is 2. The van der Waals surface area contributed by atoms with E-state index in [-0.39, 0.29) is 17.7 Å². The van der Waals surface area contributed by atoms with Gasteiger partial charge in [-0.2, -0.15) is 0 Å². The highest BCUT2D eigenvalue weighted by Gasteiger charge is 2.56. The first kappa shape index (κ1) is 18.6. The van der Waals surface area contributed by atoms with Gasteiger partial charge in [-0.25, -0.2) is 0 Å². The number of hydrogen-bond acceptors (Lipinski definition) is 4. The molecule has 2 aliphatic heterocycles. The van der Waals surface area contributed by atoms with Gasteiger partial charge >= 0.3 is 0 Å². The van der Waals surface area contributed by atoms with Crippen molar-refractivity contribution in [3.63, 3.8) is 0 Å². The molecule has 2 saturated heterocycles. The van der Waals surface area contributed by atoms with Gasteiger partial charge in [0.25, 0.3) is 0 Å². The first-order chi connectivity index (χ1) is 13.5. The van der Waals surface area contributed by atoms with E-state index in [1.165, 1.54) is 6.92 Å². The van der Waals surface area contributed by atoms with E-state index in [0.29, 0.717) is 23.5 Å². The van der Waals surface area contributed by atoms with Crippen LogP contribution < -0.4 is 10.6 Å². The molecule has 3 amide bonds. The molecule has 2 N–H and O–H groups in total. The van der Waals surface area contributed by atoms with Gasteiger partial charge in [0.05, 0.1) is 0 Å². The highest BCUT2D eigenvalue weighted by molar-refractivity contribution is 8.00. The number of rotatable bonds is 4. The van der Waals surface area contributed by atoms with Gasteiger partial charge in [0.1, 0.15) is 10.9 Å². The molecule has 2 aliphatic rings. The fourth-order valence-electron chi connectivity index (χ4n) is 3.90. The van der Waals surface area contributed by atoms with Crippen molar-refractivity contribution < 1.29 is 14.4 Å². The van der Waals surface area contributed by atoms with Crippen molar-refractivity contribution in [3.05, 3.63) is 60.2 Å². The summed E-state index contributed by atoms with van der Waals surface area (Å²) in [5.74, 6) is 0.253. The fraction of sp³-hybridized carbons (Fsp3) is 0.286. The second-order valence-electron chi connectivity index (χ2n) is 6.99. The van der Waals surface area contributed by atoms with Gasteiger partial charge in [-0.1, -0.05) is 30.3 Å². The predicted octanol–water partition coefficient (Wildman–Crippen LogP) is 3.17. The molecule has 0 radical (unpaired) electrons. The largest absolute Gasteiger partial charge is 0.326 e. The van der Waals surface area contributed by atoms with Crippen LogP contribution in [0.1, 0.15) is 25.3 Å². The number of hydrogen-bond donors (Lipinski definition) is 2. The van der Waals surface area contributed by atoms with E-state index < -0.39 is 10.9 Å². The van der Waals surface area contributed by atoms with Crippen LogP contribution in [-0.4, -0.2) is 34.4 Å². The standard InChI is InChI=1S/C21H21N3O3S/c1-14(25)22-16-7-9-17(10-8-16)23-20(27)18-13-28-21(12-11-19(26)24(18)21)15-5-3-2-4-6-15/h2-10,18H,11-13H2,1H3,(H,22,25)(H,23,27)/t18-,21+/m1/s1. The molecule has 28 heavy (non-hydrogen) atoms. The Labute approximate surface area is 167 Å². The Morgan fingerprint density at radius 3 is 2.32 bits per heavy atom. The zero-order chi connectivity index (χ0) is 19.7. The Morgan fingerprint density at radius 1 is 1.04 bits per heavy atom. The van der Waals surface area contributed by atoms with E-state index in [1.54, 1.807) is 40.9 Å². The third-order valence-corrected chi connectivity index (χ3v) is 6.72. The van der Waals surface area contributed by atoms with Crippen LogP contribution in [-0.2, 0) is 19.3 Å². The number of benzene rings is 2. The lowest BCUT2D eigenvalue weighted by Gasteiger charge is -2.34. The number of carbonyl (C=O) groups excluding carboxylic acids is 3. The van der Waals surface area contributed by atoms with E-state index in [0.717, 1.165) is 12.0 Å². The zero-order valence-corrected chi connectivity index (χ0v) is 16.3. The maximum absolute atomic E-state index is 13.0. The van der Waals surface area contributed by atoms with Crippen LogP contribution in [0, 0.1) is 0 Å². The van der Waals surface area contributed by atoms with Crippen LogP contribution in [0.5, 0.6) is 0 Å². The predicted molar refractivity (Wildman–Crippen MR) is 110 cm³/mol. The summed E-state index contributed by atoms with van der Waals surface area (Å²) in [4.78, 5) is 38.0. The molecule has 2 aromatic carbocycles. The molecule has 7 heteroatoms. The van der Waals surface area contributed by atoms with Gasteiger partial charge < -0.3 is 15.5 Å². The van der Waals surface area contributed by atoms with Crippen LogP contribution >= 0.6 is 11.8 Å². The zero-order valence-electron chi connectivity index (χ0n) is 15.5. The van der Waals surface area contributed by atoms with Gasteiger partial charge in [-0.3, -0.25) is 14.4 Å². The number of thioether (sulfide) groups is 1. The summed E-state index contributed by atoms with van der Waals surface area (Å²) in [7, 11) is 0. The Kier molecular flexibility index (Phi) is 4.85. The third-order valence-electron chi connectivity index (χ3n) is 5.13. The van der Waals surface area contributed by atoms with Gasteiger partial charge in [0, 0.05) is 30.5 Å². The van der Waals surface area contributed by atoms with Crippen LogP contribution in [0.4, 0.5) is 11.4 Å². The normalized spacial score (nSPS) is 23.4. The first-order valence-corrected chi connectivity index (χ1v) is 10.2. The number of carbonyl (C=O) groups is 3. The van der Waals surface area contributed by atoms with Crippen molar-refractivity contribution in [2.75, 3.05) is 16.4 Å². The summed E-state index contributed by atoms with van der Waals surface area (Å²) >= 11 is 1.67. The lowest BCUT2D eigenvalue weighted by molar-refractivity contribution is -0.136. The molecule has 0 aromatic heterocycles. The summed E-state index contributed by atoms with van der Waals surface area (Å²) in [5.41, 5.74) is 2.37. The minimum atomic E-state index is -0.504. The number of fused-ring (bicyclic) bond motifs is 1. The lowest BCUT2D eigenvalue weighted by Crippen LogP contribution is -2.48. The molecule has 4 rings (SSSR count). The van der Waals surface area contributed by atoms with E-state index in [2.05, 4.69) is 10.6 Å². The van der Waals surface area contributed by atoms with Crippen molar-refractivity contribution in [2.45, 2.75) is 30.7 Å². The van der Waals surface area contributed by atoms with Crippen molar-refractivity contribution in [2.24, 2.45) is 0 Å². The molecule has 6 nitrogen and oxygen atoms in total. The average Bonchev–Trinajstić information content (AvgIpc) is 3.23. The third kappa shape index (κ3) is 3.26. The van der Waals surface area contributed by atoms with Crippen molar-refractivity contribution in [1.29, 1.82) is 0 Å². The molecule has 144 valence electrons. The number of amides is 3. The highest BCUT2D eigenvalue weighted by atomic mass is 32.2. The number of nitrogens with one attached hydrogen (secondary N) is 2. The summed E-state index contributed by atoms with van der Waals surface area (Å²) in [6.07, 6.45) is 1.17. The molecule has 2 atom stereocenters. The fourth-order valence-corrected chi connectivity index (χ4v) is 5.55. The second-order valence-corrected chi connectivity index (χ2v) is 8.29. The number of nitrogens with zero attached hydrogens (tertiary/aromatic N) is 1. The van der Waals surface area contributed by atoms with Crippen molar-refractivity contribution in [3.8, 4) is 0 Å². The van der Waals surface area contributed by atoms with Gasteiger partial charge in [0.15, 0.2) is 0 Å². The van der Waals surface area contributed by atoms with Gasteiger partial charge in [0.2, 0.25) is 17.7 Å². The highest BCUT2D eigenvalue weighted by Crippen LogP contribution is 2.54. The molecular formula is C21H21N3O3S.